The molecule has 1 atom stereocenters. The van der Waals surface area contributed by atoms with Gasteiger partial charge in [0, 0.05) is 24.7 Å². The van der Waals surface area contributed by atoms with E-state index in [4.69, 9.17) is 4.74 Å². The lowest BCUT2D eigenvalue weighted by molar-refractivity contribution is 0.0204. The predicted molar refractivity (Wildman–Crippen MR) is 128 cm³/mol. The number of benzene rings is 2. The fraction of sp³-hybridized carbons (Fsp3) is 0.481. The molecule has 172 valence electrons. The maximum Gasteiger partial charge on any atom is 0.410 e. The first kappa shape index (κ1) is 24.0. The Morgan fingerprint density at radius 2 is 1.66 bits per heavy atom. The number of piperidine rings is 1. The molecule has 0 saturated carbocycles. The lowest BCUT2D eigenvalue weighted by Crippen LogP contribution is -2.41. The van der Waals surface area contributed by atoms with Crippen LogP contribution in [0.25, 0.3) is 0 Å². The lowest BCUT2D eigenvalue weighted by Gasteiger charge is -2.35. The standard InChI is InChI=1S/C27H36N2O3/c1-5-24(28-19-25(30)21-11-7-6-8-12-21)23-14-10-9-13-22(23)20-15-17-29(18-16-20)26(31)32-27(2,3)4/h6-14,20,24,28H,5,15-19H2,1-4H3. The Balaban J connectivity index is 1.64. The number of amides is 1. The van der Waals surface area contributed by atoms with Crippen molar-refractivity contribution in [3.8, 4) is 0 Å². The lowest BCUT2D eigenvalue weighted by atomic mass is 9.84. The molecule has 1 heterocycles. The van der Waals surface area contributed by atoms with E-state index in [1.165, 1.54) is 11.1 Å². The molecule has 0 aliphatic carbocycles. The van der Waals surface area contributed by atoms with Gasteiger partial charge < -0.3 is 15.0 Å². The van der Waals surface area contributed by atoms with Crippen molar-refractivity contribution < 1.29 is 14.3 Å². The summed E-state index contributed by atoms with van der Waals surface area (Å²) in [6.45, 7) is 9.55. The minimum atomic E-state index is -0.474. The van der Waals surface area contributed by atoms with E-state index in [0.29, 0.717) is 25.6 Å². The van der Waals surface area contributed by atoms with Gasteiger partial charge in [0.15, 0.2) is 5.78 Å². The highest BCUT2D eigenvalue weighted by Crippen LogP contribution is 2.34. The Morgan fingerprint density at radius 1 is 1.03 bits per heavy atom. The minimum Gasteiger partial charge on any atom is -0.444 e. The van der Waals surface area contributed by atoms with E-state index >= 15 is 0 Å². The van der Waals surface area contributed by atoms with Gasteiger partial charge in [-0.1, -0.05) is 61.5 Å². The highest BCUT2D eigenvalue weighted by Gasteiger charge is 2.29. The van der Waals surface area contributed by atoms with Crippen molar-refractivity contribution in [3.05, 3.63) is 71.3 Å². The second kappa shape index (κ2) is 10.8. The third-order valence-corrected chi connectivity index (χ3v) is 5.97. The van der Waals surface area contributed by atoms with Crippen LogP contribution in [0.3, 0.4) is 0 Å². The highest BCUT2D eigenvalue weighted by atomic mass is 16.6. The SMILES string of the molecule is CCC(NCC(=O)c1ccccc1)c1ccccc1C1CCN(C(=O)OC(C)(C)C)CC1. The van der Waals surface area contributed by atoms with Gasteiger partial charge in [0.1, 0.15) is 5.60 Å². The van der Waals surface area contributed by atoms with Gasteiger partial charge in [-0.2, -0.15) is 0 Å². The van der Waals surface area contributed by atoms with Gasteiger partial charge in [-0.25, -0.2) is 4.79 Å². The minimum absolute atomic E-state index is 0.104. The van der Waals surface area contributed by atoms with Crippen LogP contribution in [0.5, 0.6) is 0 Å². The fourth-order valence-electron chi connectivity index (χ4n) is 4.32. The molecular weight excluding hydrogens is 400 g/mol. The highest BCUT2D eigenvalue weighted by molar-refractivity contribution is 5.97. The van der Waals surface area contributed by atoms with E-state index in [0.717, 1.165) is 24.8 Å². The zero-order valence-corrected chi connectivity index (χ0v) is 19.8. The number of carbonyl (C=O) groups excluding carboxylic acids is 2. The van der Waals surface area contributed by atoms with Crippen LogP contribution in [0.4, 0.5) is 4.79 Å². The van der Waals surface area contributed by atoms with Gasteiger partial charge in [-0.3, -0.25) is 4.79 Å². The Kier molecular flexibility index (Phi) is 8.08. The molecule has 1 saturated heterocycles. The summed E-state index contributed by atoms with van der Waals surface area (Å²) < 4.78 is 5.53. The number of ether oxygens (including phenoxy) is 1. The van der Waals surface area contributed by atoms with Crippen LogP contribution in [-0.4, -0.2) is 42.0 Å². The van der Waals surface area contributed by atoms with Crippen molar-refractivity contribution in [1.82, 2.24) is 10.2 Å². The van der Waals surface area contributed by atoms with Crippen LogP contribution in [0, 0.1) is 0 Å². The number of Topliss-reactive ketones (excluding diaryl/α,β-unsaturated/α-hetero) is 1. The zero-order chi connectivity index (χ0) is 23.1. The topological polar surface area (TPSA) is 58.6 Å². The van der Waals surface area contributed by atoms with Crippen LogP contribution in [0.15, 0.2) is 54.6 Å². The predicted octanol–water partition coefficient (Wildman–Crippen LogP) is 5.72. The summed E-state index contributed by atoms with van der Waals surface area (Å²) in [6, 6.07) is 18.1. The summed E-state index contributed by atoms with van der Waals surface area (Å²) in [4.78, 5) is 26.8. The molecule has 1 fully saturated rings. The first-order chi connectivity index (χ1) is 15.3. The molecule has 1 aliphatic heterocycles. The Hall–Kier alpha value is -2.66. The Bertz CT molecular complexity index is 897. The van der Waals surface area contributed by atoms with E-state index in [9.17, 15) is 9.59 Å². The maximum atomic E-state index is 12.6. The molecule has 1 amide bonds. The Labute approximate surface area is 192 Å². The third kappa shape index (κ3) is 6.42. The number of hydrogen-bond donors (Lipinski definition) is 1. The summed E-state index contributed by atoms with van der Waals surface area (Å²) in [6.07, 6.45) is 2.50. The average molecular weight is 437 g/mol. The van der Waals surface area contributed by atoms with Crippen molar-refractivity contribution >= 4 is 11.9 Å². The van der Waals surface area contributed by atoms with Gasteiger partial charge in [-0.15, -0.1) is 0 Å². The maximum absolute atomic E-state index is 12.6. The number of ketones is 1. The van der Waals surface area contributed by atoms with Crippen LogP contribution in [0.1, 0.15) is 80.4 Å². The monoisotopic (exact) mass is 436 g/mol. The van der Waals surface area contributed by atoms with Crippen molar-refractivity contribution in [2.75, 3.05) is 19.6 Å². The van der Waals surface area contributed by atoms with Gasteiger partial charge in [0.2, 0.25) is 0 Å². The van der Waals surface area contributed by atoms with Crippen molar-refractivity contribution in [1.29, 1.82) is 0 Å². The van der Waals surface area contributed by atoms with E-state index < -0.39 is 5.60 Å². The summed E-state index contributed by atoms with van der Waals surface area (Å²) in [5, 5.41) is 3.48. The molecule has 1 aliphatic rings. The quantitative estimate of drug-likeness (QED) is 0.564. The molecule has 0 bridgehead atoms. The molecule has 1 unspecified atom stereocenters. The number of nitrogens with zero attached hydrogens (tertiary/aromatic N) is 1. The van der Waals surface area contributed by atoms with Gasteiger partial charge in [-0.05, 0) is 57.1 Å². The van der Waals surface area contributed by atoms with Crippen LogP contribution >= 0.6 is 0 Å². The number of rotatable bonds is 7. The molecule has 1 N–H and O–H groups in total. The Morgan fingerprint density at radius 3 is 2.28 bits per heavy atom. The van der Waals surface area contributed by atoms with Crippen molar-refractivity contribution in [3.63, 3.8) is 0 Å². The van der Waals surface area contributed by atoms with Crippen molar-refractivity contribution in [2.45, 2.75) is 64.5 Å². The average Bonchev–Trinajstić information content (AvgIpc) is 2.79. The van der Waals surface area contributed by atoms with Gasteiger partial charge in [0.05, 0.1) is 6.54 Å². The molecule has 0 spiro atoms. The first-order valence-electron chi connectivity index (χ1n) is 11.7. The molecule has 32 heavy (non-hydrogen) atoms. The second-order valence-corrected chi connectivity index (χ2v) is 9.50. The number of likely N-dealkylation sites (tertiary alicyclic amines) is 1. The van der Waals surface area contributed by atoms with Crippen LogP contribution < -0.4 is 5.32 Å². The normalized spacial score (nSPS) is 15.9. The zero-order valence-electron chi connectivity index (χ0n) is 19.8. The van der Waals surface area contributed by atoms with E-state index in [2.05, 4.69) is 36.5 Å². The van der Waals surface area contributed by atoms with Gasteiger partial charge in [0.25, 0.3) is 0 Å². The van der Waals surface area contributed by atoms with Crippen molar-refractivity contribution in [2.24, 2.45) is 0 Å². The molecule has 2 aromatic carbocycles. The number of carbonyl (C=O) groups is 2. The number of hydrogen-bond acceptors (Lipinski definition) is 4. The smallest absolute Gasteiger partial charge is 0.410 e. The molecule has 0 aromatic heterocycles. The summed E-state index contributed by atoms with van der Waals surface area (Å²) in [5.41, 5.74) is 2.84. The van der Waals surface area contributed by atoms with E-state index in [1.54, 1.807) is 0 Å². The molecular formula is C27H36N2O3. The molecule has 5 nitrogen and oxygen atoms in total. The second-order valence-electron chi connectivity index (χ2n) is 9.50. The summed E-state index contributed by atoms with van der Waals surface area (Å²) >= 11 is 0. The van der Waals surface area contributed by atoms with E-state index in [-0.39, 0.29) is 17.9 Å². The summed E-state index contributed by atoms with van der Waals surface area (Å²) in [5.74, 6) is 0.498. The largest absolute Gasteiger partial charge is 0.444 e. The third-order valence-electron chi connectivity index (χ3n) is 5.97. The summed E-state index contributed by atoms with van der Waals surface area (Å²) in [7, 11) is 0. The van der Waals surface area contributed by atoms with Crippen LogP contribution in [-0.2, 0) is 4.74 Å². The fourth-order valence-corrected chi connectivity index (χ4v) is 4.32. The molecule has 0 radical (unpaired) electrons. The number of nitrogens with one attached hydrogen (secondary N) is 1. The van der Waals surface area contributed by atoms with Crippen LogP contribution in [0.2, 0.25) is 0 Å². The first-order valence-corrected chi connectivity index (χ1v) is 11.7. The molecule has 2 aromatic rings. The molecule has 3 rings (SSSR count). The van der Waals surface area contributed by atoms with E-state index in [1.807, 2.05) is 56.0 Å². The molecule has 5 heteroatoms. The van der Waals surface area contributed by atoms with Gasteiger partial charge >= 0.3 is 6.09 Å².